The Bertz CT molecular complexity index is 888. The zero-order chi connectivity index (χ0) is 17.1. The van der Waals surface area contributed by atoms with Gasteiger partial charge in [-0.3, -0.25) is 4.79 Å². The second-order valence-electron chi connectivity index (χ2n) is 5.00. The van der Waals surface area contributed by atoms with E-state index < -0.39 is 0 Å². The van der Waals surface area contributed by atoms with Crippen LogP contribution in [0.15, 0.2) is 65.1 Å². The Morgan fingerprint density at radius 3 is 2.21 bits per heavy atom. The fourth-order valence-electron chi connectivity index (χ4n) is 2.18. The molecule has 0 unspecified atom stereocenters. The van der Waals surface area contributed by atoms with Gasteiger partial charge in [-0.25, -0.2) is 0 Å². The van der Waals surface area contributed by atoms with Crippen molar-refractivity contribution >= 4 is 46.7 Å². The van der Waals surface area contributed by atoms with Crippen molar-refractivity contribution in [2.45, 2.75) is 0 Å². The zero-order valence-corrected chi connectivity index (χ0v) is 14.6. The maximum Gasteiger partial charge on any atom is 0.185 e. The number of hydrogen-bond acceptors (Lipinski definition) is 2. The van der Waals surface area contributed by atoms with Crippen LogP contribution in [0, 0.1) is 0 Å². The van der Waals surface area contributed by atoms with E-state index in [9.17, 15) is 4.79 Å². The molecule has 0 fully saturated rings. The Morgan fingerprint density at radius 1 is 0.875 bits per heavy atom. The van der Waals surface area contributed by atoms with E-state index in [4.69, 9.17) is 39.2 Å². The number of furan rings is 1. The topological polar surface area (TPSA) is 30.2 Å². The Kier molecular flexibility index (Phi) is 5.10. The molecule has 0 amide bonds. The number of halogens is 3. The lowest BCUT2D eigenvalue weighted by Crippen LogP contribution is -1.92. The molecule has 2 aromatic carbocycles. The van der Waals surface area contributed by atoms with Crippen LogP contribution in [-0.2, 0) is 0 Å². The highest BCUT2D eigenvalue weighted by atomic mass is 35.5. The van der Waals surface area contributed by atoms with Gasteiger partial charge in [0.25, 0.3) is 0 Å². The molecule has 0 radical (unpaired) electrons. The lowest BCUT2D eigenvalue weighted by Gasteiger charge is -2.02. The summed E-state index contributed by atoms with van der Waals surface area (Å²) in [7, 11) is 0. The van der Waals surface area contributed by atoms with Crippen molar-refractivity contribution in [3.05, 3.63) is 87.1 Å². The number of ketones is 1. The van der Waals surface area contributed by atoms with Gasteiger partial charge in [-0.1, -0.05) is 40.9 Å². The molecule has 24 heavy (non-hydrogen) atoms. The Labute approximate surface area is 154 Å². The first-order valence-electron chi connectivity index (χ1n) is 7.07. The average molecular weight is 378 g/mol. The molecule has 0 N–H and O–H groups in total. The van der Waals surface area contributed by atoms with Gasteiger partial charge in [-0.15, -0.1) is 0 Å². The Balaban J connectivity index is 1.81. The van der Waals surface area contributed by atoms with Gasteiger partial charge in [-0.05, 0) is 60.7 Å². The second-order valence-corrected chi connectivity index (χ2v) is 6.25. The van der Waals surface area contributed by atoms with Crippen LogP contribution in [-0.4, -0.2) is 5.78 Å². The van der Waals surface area contributed by atoms with Gasteiger partial charge >= 0.3 is 0 Å². The number of benzene rings is 2. The third kappa shape index (κ3) is 3.73. The highest BCUT2D eigenvalue weighted by Gasteiger charge is 2.12. The smallest absolute Gasteiger partial charge is 0.185 e. The number of carbonyl (C=O) groups excluding carboxylic acids is 1. The number of carbonyl (C=O) groups is 1. The third-order valence-corrected chi connectivity index (χ3v) is 4.25. The molecule has 2 nitrogen and oxygen atoms in total. The molecule has 1 aromatic heterocycles. The number of allylic oxidation sites excluding steroid dienone is 1. The van der Waals surface area contributed by atoms with Crippen LogP contribution in [0.4, 0.5) is 0 Å². The second kappa shape index (κ2) is 7.27. The molecule has 1 heterocycles. The number of rotatable bonds is 4. The average Bonchev–Trinajstić information content (AvgIpc) is 3.02. The van der Waals surface area contributed by atoms with Crippen molar-refractivity contribution in [3.63, 3.8) is 0 Å². The first-order valence-corrected chi connectivity index (χ1v) is 8.20. The Hall–Kier alpha value is -2.00. The summed E-state index contributed by atoms with van der Waals surface area (Å²) in [6.07, 6.45) is 3.05. The van der Waals surface area contributed by atoms with Gasteiger partial charge in [0.1, 0.15) is 11.5 Å². The van der Waals surface area contributed by atoms with Gasteiger partial charge in [0.05, 0.1) is 15.6 Å². The van der Waals surface area contributed by atoms with Crippen LogP contribution in [0.25, 0.3) is 17.4 Å². The van der Waals surface area contributed by atoms with Crippen molar-refractivity contribution in [3.8, 4) is 11.3 Å². The summed E-state index contributed by atoms with van der Waals surface area (Å²) < 4.78 is 5.71. The van der Waals surface area contributed by atoms with E-state index in [1.165, 1.54) is 6.08 Å². The lowest BCUT2D eigenvalue weighted by molar-refractivity contribution is 0.104. The van der Waals surface area contributed by atoms with Gasteiger partial charge in [0.2, 0.25) is 0 Å². The maximum absolute atomic E-state index is 12.1. The first kappa shape index (κ1) is 16.8. The van der Waals surface area contributed by atoms with Gasteiger partial charge in [0, 0.05) is 10.6 Å². The van der Waals surface area contributed by atoms with Crippen molar-refractivity contribution in [1.82, 2.24) is 0 Å². The quantitative estimate of drug-likeness (QED) is 0.369. The summed E-state index contributed by atoms with van der Waals surface area (Å²) in [6.45, 7) is 0. The molecule has 0 atom stereocenters. The fraction of sp³-hybridized carbons (Fsp3) is 0. The summed E-state index contributed by atoms with van der Waals surface area (Å²) in [5.74, 6) is 0.938. The summed E-state index contributed by atoms with van der Waals surface area (Å²) in [5.41, 5.74) is 1.18. The molecule has 120 valence electrons. The zero-order valence-electron chi connectivity index (χ0n) is 12.3. The summed E-state index contributed by atoms with van der Waals surface area (Å²) in [6, 6.07) is 15.5. The van der Waals surface area contributed by atoms with Crippen LogP contribution in [0.5, 0.6) is 0 Å². The molecule has 3 aromatic rings. The van der Waals surface area contributed by atoms with E-state index in [2.05, 4.69) is 0 Å². The van der Waals surface area contributed by atoms with Gasteiger partial charge in [-0.2, -0.15) is 0 Å². The minimum absolute atomic E-state index is 0.139. The molecule has 0 saturated carbocycles. The summed E-state index contributed by atoms with van der Waals surface area (Å²) in [4.78, 5) is 12.1. The normalized spacial score (nSPS) is 11.1. The van der Waals surface area contributed by atoms with E-state index in [0.29, 0.717) is 37.7 Å². The van der Waals surface area contributed by atoms with E-state index in [1.807, 2.05) is 0 Å². The molecule has 5 heteroatoms. The first-order chi connectivity index (χ1) is 11.5. The molecule has 0 aliphatic carbocycles. The van der Waals surface area contributed by atoms with Gasteiger partial charge in [0.15, 0.2) is 5.78 Å². The minimum Gasteiger partial charge on any atom is -0.457 e. The molecule has 0 spiro atoms. The van der Waals surface area contributed by atoms with Crippen molar-refractivity contribution in [2.24, 2.45) is 0 Å². The molecule has 3 rings (SSSR count). The van der Waals surface area contributed by atoms with Gasteiger partial charge < -0.3 is 4.42 Å². The fourth-order valence-corrected chi connectivity index (χ4v) is 2.89. The van der Waals surface area contributed by atoms with Crippen LogP contribution in [0.3, 0.4) is 0 Å². The van der Waals surface area contributed by atoms with Crippen LogP contribution in [0.1, 0.15) is 16.1 Å². The van der Waals surface area contributed by atoms with Crippen molar-refractivity contribution in [1.29, 1.82) is 0 Å². The minimum atomic E-state index is -0.139. The molecule has 0 saturated heterocycles. The highest BCUT2D eigenvalue weighted by Crippen LogP contribution is 2.35. The van der Waals surface area contributed by atoms with E-state index in [-0.39, 0.29) is 5.78 Å². The van der Waals surface area contributed by atoms with Crippen LogP contribution >= 0.6 is 34.8 Å². The molecular formula is C19H11Cl3O2. The van der Waals surface area contributed by atoms with E-state index in [0.717, 1.165) is 0 Å². The summed E-state index contributed by atoms with van der Waals surface area (Å²) in [5, 5.41) is 1.59. The van der Waals surface area contributed by atoms with Crippen molar-refractivity contribution < 1.29 is 9.21 Å². The van der Waals surface area contributed by atoms with Crippen LogP contribution < -0.4 is 0 Å². The Morgan fingerprint density at radius 2 is 1.54 bits per heavy atom. The third-order valence-electron chi connectivity index (χ3n) is 3.36. The highest BCUT2D eigenvalue weighted by molar-refractivity contribution is 6.39. The molecule has 0 aliphatic rings. The van der Waals surface area contributed by atoms with Crippen LogP contribution in [0.2, 0.25) is 15.1 Å². The molecule has 0 aliphatic heterocycles. The molecule has 0 bridgehead atoms. The number of hydrogen-bond donors (Lipinski definition) is 0. The van der Waals surface area contributed by atoms with E-state index in [1.54, 1.807) is 60.7 Å². The summed E-state index contributed by atoms with van der Waals surface area (Å²) >= 11 is 18.1. The standard InChI is InChI=1S/C19H11Cl3O2/c20-13-6-4-12(5-7-13)17(23)10-8-14-9-11-18(24-14)19-15(21)2-1-3-16(19)22/h1-11H/b10-8+. The molecular weight excluding hydrogens is 367 g/mol. The van der Waals surface area contributed by atoms with E-state index >= 15 is 0 Å². The lowest BCUT2D eigenvalue weighted by atomic mass is 10.1. The monoisotopic (exact) mass is 376 g/mol. The predicted octanol–water partition coefficient (Wildman–Crippen LogP) is 6.80. The maximum atomic E-state index is 12.1. The predicted molar refractivity (Wildman–Crippen MR) is 99.0 cm³/mol. The SMILES string of the molecule is O=C(/C=C/c1ccc(-c2c(Cl)cccc2Cl)o1)c1ccc(Cl)cc1. The largest absolute Gasteiger partial charge is 0.457 e. The van der Waals surface area contributed by atoms with Crippen molar-refractivity contribution in [2.75, 3.05) is 0 Å².